The first-order valence-electron chi connectivity index (χ1n) is 7.24. The molecule has 0 saturated heterocycles. The number of aromatic nitrogens is 2. The standard InChI is InChI=1S/C15H18N4O3S/c1-15(2)12-10-11(4-5-13(12)18-14(15)20)23(21,22)17-7-9-19-8-3-6-16-19/h3-6,8,10,17H,7,9H2,1-2H3,(H,18,20). The maximum absolute atomic E-state index is 12.4. The summed E-state index contributed by atoms with van der Waals surface area (Å²) in [6.07, 6.45) is 3.41. The van der Waals surface area contributed by atoms with Gasteiger partial charge in [0.05, 0.1) is 16.9 Å². The summed E-state index contributed by atoms with van der Waals surface area (Å²) in [7, 11) is -3.63. The van der Waals surface area contributed by atoms with Gasteiger partial charge in [-0.15, -0.1) is 0 Å². The smallest absolute Gasteiger partial charge is 0.240 e. The number of sulfonamides is 1. The molecule has 1 aromatic carbocycles. The molecule has 0 spiro atoms. The van der Waals surface area contributed by atoms with Crippen molar-refractivity contribution < 1.29 is 13.2 Å². The zero-order chi connectivity index (χ0) is 16.7. The molecular formula is C15H18N4O3S. The van der Waals surface area contributed by atoms with Gasteiger partial charge in [0.2, 0.25) is 15.9 Å². The van der Waals surface area contributed by atoms with Crippen LogP contribution in [0.5, 0.6) is 0 Å². The van der Waals surface area contributed by atoms with Gasteiger partial charge in [0.15, 0.2) is 0 Å². The van der Waals surface area contributed by atoms with Gasteiger partial charge < -0.3 is 5.32 Å². The maximum atomic E-state index is 12.4. The van der Waals surface area contributed by atoms with Gasteiger partial charge in [0, 0.05) is 24.6 Å². The van der Waals surface area contributed by atoms with Crippen LogP contribution in [0.2, 0.25) is 0 Å². The van der Waals surface area contributed by atoms with Crippen molar-refractivity contribution in [1.82, 2.24) is 14.5 Å². The Balaban J connectivity index is 1.79. The summed E-state index contributed by atoms with van der Waals surface area (Å²) in [6, 6.07) is 6.46. The van der Waals surface area contributed by atoms with E-state index < -0.39 is 15.4 Å². The number of fused-ring (bicyclic) bond motifs is 1. The summed E-state index contributed by atoms with van der Waals surface area (Å²) in [4.78, 5) is 12.1. The molecule has 0 fully saturated rings. The summed E-state index contributed by atoms with van der Waals surface area (Å²) >= 11 is 0. The molecule has 2 aromatic rings. The quantitative estimate of drug-likeness (QED) is 0.856. The second-order valence-corrected chi connectivity index (χ2v) is 7.72. The van der Waals surface area contributed by atoms with Crippen LogP contribution in [-0.4, -0.2) is 30.7 Å². The lowest BCUT2D eigenvalue weighted by molar-refractivity contribution is -0.119. The van der Waals surface area contributed by atoms with Gasteiger partial charge in [0.25, 0.3) is 0 Å². The number of amides is 1. The number of carbonyl (C=O) groups is 1. The van der Waals surface area contributed by atoms with E-state index in [0.717, 1.165) is 0 Å². The molecule has 3 rings (SSSR count). The topological polar surface area (TPSA) is 93.1 Å². The molecule has 1 aliphatic rings. The molecule has 0 radical (unpaired) electrons. The predicted octanol–water partition coefficient (Wildman–Crippen LogP) is 1.09. The number of nitrogens with one attached hydrogen (secondary N) is 2. The van der Waals surface area contributed by atoms with Crippen molar-refractivity contribution in [3.05, 3.63) is 42.2 Å². The molecule has 0 aliphatic carbocycles. The zero-order valence-electron chi connectivity index (χ0n) is 12.9. The van der Waals surface area contributed by atoms with Crippen LogP contribution in [0.15, 0.2) is 41.6 Å². The van der Waals surface area contributed by atoms with E-state index >= 15 is 0 Å². The van der Waals surface area contributed by atoms with E-state index in [0.29, 0.717) is 17.8 Å². The lowest BCUT2D eigenvalue weighted by atomic mass is 9.86. The van der Waals surface area contributed by atoms with Crippen molar-refractivity contribution in [2.24, 2.45) is 0 Å². The van der Waals surface area contributed by atoms with Crippen LogP contribution in [0.4, 0.5) is 5.69 Å². The van der Waals surface area contributed by atoms with E-state index in [-0.39, 0.29) is 17.3 Å². The Hall–Kier alpha value is -2.19. The summed E-state index contributed by atoms with van der Waals surface area (Å²) in [5.41, 5.74) is 0.614. The number of nitrogens with zero attached hydrogens (tertiary/aromatic N) is 2. The van der Waals surface area contributed by atoms with Gasteiger partial charge >= 0.3 is 0 Å². The highest BCUT2D eigenvalue weighted by atomic mass is 32.2. The minimum atomic E-state index is -3.63. The van der Waals surface area contributed by atoms with Crippen LogP contribution in [0, 0.1) is 0 Å². The average molecular weight is 334 g/mol. The number of anilines is 1. The van der Waals surface area contributed by atoms with Gasteiger partial charge in [0.1, 0.15) is 0 Å². The molecule has 122 valence electrons. The Labute approximate surface area is 134 Å². The summed E-state index contributed by atoms with van der Waals surface area (Å²) in [5.74, 6) is -0.131. The Morgan fingerprint density at radius 1 is 1.35 bits per heavy atom. The van der Waals surface area contributed by atoms with Gasteiger partial charge in [-0.2, -0.15) is 5.10 Å². The lowest BCUT2D eigenvalue weighted by Crippen LogP contribution is -2.29. The SMILES string of the molecule is CC1(C)C(=O)Nc2ccc(S(=O)(=O)NCCn3cccn3)cc21. The minimum absolute atomic E-state index is 0.131. The molecule has 23 heavy (non-hydrogen) atoms. The van der Waals surface area contributed by atoms with Gasteiger partial charge in [-0.05, 0) is 43.7 Å². The largest absolute Gasteiger partial charge is 0.325 e. The molecule has 2 heterocycles. The van der Waals surface area contributed by atoms with E-state index in [1.54, 1.807) is 49.1 Å². The lowest BCUT2D eigenvalue weighted by Gasteiger charge is -2.16. The molecule has 7 nitrogen and oxygen atoms in total. The average Bonchev–Trinajstić information content (AvgIpc) is 3.07. The van der Waals surface area contributed by atoms with E-state index in [1.165, 1.54) is 6.07 Å². The third kappa shape index (κ3) is 2.87. The van der Waals surface area contributed by atoms with Crippen LogP contribution in [0.25, 0.3) is 0 Å². The summed E-state index contributed by atoms with van der Waals surface area (Å²) in [5, 5.41) is 6.78. The molecule has 1 aliphatic heterocycles. The Kier molecular flexibility index (Phi) is 3.73. The van der Waals surface area contributed by atoms with Crippen LogP contribution in [-0.2, 0) is 26.8 Å². The van der Waals surface area contributed by atoms with Crippen LogP contribution < -0.4 is 10.0 Å². The zero-order valence-corrected chi connectivity index (χ0v) is 13.7. The Bertz CT molecular complexity index is 842. The first-order valence-corrected chi connectivity index (χ1v) is 8.72. The molecule has 8 heteroatoms. The monoisotopic (exact) mass is 334 g/mol. The first kappa shape index (κ1) is 15.7. The van der Waals surface area contributed by atoms with Crippen molar-refractivity contribution in [3.63, 3.8) is 0 Å². The Morgan fingerprint density at radius 3 is 2.83 bits per heavy atom. The Morgan fingerprint density at radius 2 is 2.13 bits per heavy atom. The second kappa shape index (κ2) is 5.47. The second-order valence-electron chi connectivity index (χ2n) is 5.95. The maximum Gasteiger partial charge on any atom is 0.240 e. The fourth-order valence-electron chi connectivity index (χ4n) is 2.53. The van der Waals surface area contributed by atoms with Gasteiger partial charge in [-0.1, -0.05) is 0 Å². The third-order valence-electron chi connectivity index (χ3n) is 3.98. The first-order chi connectivity index (χ1) is 10.8. The number of carbonyl (C=O) groups excluding carboxylic acids is 1. The molecule has 1 amide bonds. The van der Waals surface area contributed by atoms with Crippen LogP contribution in [0.1, 0.15) is 19.4 Å². The highest BCUT2D eigenvalue weighted by molar-refractivity contribution is 7.89. The van der Waals surface area contributed by atoms with Crippen LogP contribution in [0.3, 0.4) is 0 Å². The van der Waals surface area contributed by atoms with Crippen molar-refractivity contribution in [2.45, 2.75) is 30.7 Å². The van der Waals surface area contributed by atoms with Gasteiger partial charge in [-0.25, -0.2) is 13.1 Å². The molecule has 2 N–H and O–H groups in total. The predicted molar refractivity (Wildman–Crippen MR) is 85.5 cm³/mol. The fourth-order valence-corrected chi connectivity index (χ4v) is 3.57. The molecule has 0 unspecified atom stereocenters. The van der Waals surface area contributed by atoms with Crippen molar-refractivity contribution >= 4 is 21.6 Å². The van der Waals surface area contributed by atoms with E-state index in [1.807, 2.05) is 0 Å². The highest BCUT2D eigenvalue weighted by Gasteiger charge is 2.39. The van der Waals surface area contributed by atoms with Crippen molar-refractivity contribution in [3.8, 4) is 0 Å². The molecule has 0 bridgehead atoms. The number of hydrogen-bond acceptors (Lipinski definition) is 4. The molecule has 0 atom stereocenters. The van der Waals surface area contributed by atoms with E-state index in [2.05, 4.69) is 15.1 Å². The molecule has 0 saturated carbocycles. The minimum Gasteiger partial charge on any atom is -0.325 e. The number of hydrogen-bond donors (Lipinski definition) is 2. The highest BCUT2D eigenvalue weighted by Crippen LogP contribution is 2.38. The van der Waals surface area contributed by atoms with Gasteiger partial charge in [-0.3, -0.25) is 9.48 Å². The van der Waals surface area contributed by atoms with Crippen LogP contribution >= 0.6 is 0 Å². The fraction of sp³-hybridized carbons (Fsp3) is 0.333. The molecule has 1 aromatic heterocycles. The summed E-state index contributed by atoms with van der Waals surface area (Å²) in [6.45, 7) is 4.23. The molecular weight excluding hydrogens is 316 g/mol. The number of benzene rings is 1. The van der Waals surface area contributed by atoms with Crippen molar-refractivity contribution in [1.29, 1.82) is 0 Å². The van der Waals surface area contributed by atoms with E-state index in [9.17, 15) is 13.2 Å². The normalized spacial score (nSPS) is 16.2. The summed E-state index contributed by atoms with van der Waals surface area (Å²) < 4.78 is 29.0. The van der Waals surface area contributed by atoms with E-state index in [4.69, 9.17) is 0 Å². The van der Waals surface area contributed by atoms with Crippen molar-refractivity contribution in [2.75, 3.05) is 11.9 Å². The number of rotatable bonds is 5. The third-order valence-corrected chi connectivity index (χ3v) is 5.44.